The van der Waals surface area contributed by atoms with Crippen LogP contribution < -0.4 is 10.5 Å². The molecule has 1 aliphatic carbocycles. The molecule has 1 heterocycles. The van der Waals surface area contributed by atoms with Crippen LogP contribution in [0.1, 0.15) is 24.6 Å². The molecule has 1 fully saturated rings. The SMILES string of the molecule is CC1CC(NS(=O)(=O)c2ccc(C(N)=S)s2)C1. The zero-order valence-electron chi connectivity index (χ0n) is 9.34. The molecule has 2 rings (SSSR count). The van der Waals surface area contributed by atoms with E-state index in [2.05, 4.69) is 11.6 Å². The van der Waals surface area contributed by atoms with Gasteiger partial charge >= 0.3 is 0 Å². The van der Waals surface area contributed by atoms with Crippen LogP contribution in [0.15, 0.2) is 16.3 Å². The van der Waals surface area contributed by atoms with Crippen molar-refractivity contribution < 1.29 is 8.42 Å². The molecule has 0 amide bonds. The Labute approximate surface area is 110 Å². The fourth-order valence-electron chi connectivity index (χ4n) is 1.87. The first-order valence-corrected chi connectivity index (χ1v) is 8.01. The van der Waals surface area contributed by atoms with E-state index in [9.17, 15) is 8.42 Å². The number of nitrogens with one attached hydrogen (secondary N) is 1. The lowest BCUT2D eigenvalue weighted by Gasteiger charge is -2.32. The minimum atomic E-state index is -3.40. The van der Waals surface area contributed by atoms with E-state index < -0.39 is 10.0 Å². The number of nitrogens with two attached hydrogens (primary N) is 1. The van der Waals surface area contributed by atoms with E-state index in [0.29, 0.717) is 10.8 Å². The molecule has 17 heavy (non-hydrogen) atoms. The smallest absolute Gasteiger partial charge is 0.250 e. The second-order valence-corrected chi connectivity index (χ2v) is 7.84. The number of hydrogen-bond acceptors (Lipinski definition) is 4. The van der Waals surface area contributed by atoms with E-state index >= 15 is 0 Å². The van der Waals surface area contributed by atoms with Crippen molar-refractivity contribution in [3.8, 4) is 0 Å². The molecule has 0 radical (unpaired) electrons. The predicted molar refractivity (Wildman–Crippen MR) is 72.7 cm³/mol. The van der Waals surface area contributed by atoms with E-state index in [1.165, 1.54) is 0 Å². The summed E-state index contributed by atoms with van der Waals surface area (Å²) in [5.74, 6) is 0.609. The molecule has 1 aromatic heterocycles. The lowest BCUT2D eigenvalue weighted by Crippen LogP contribution is -2.43. The number of hydrogen-bond donors (Lipinski definition) is 2. The maximum Gasteiger partial charge on any atom is 0.250 e. The van der Waals surface area contributed by atoms with E-state index in [4.69, 9.17) is 18.0 Å². The van der Waals surface area contributed by atoms with Gasteiger partial charge in [-0.25, -0.2) is 13.1 Å². The van der Waals surface area contributed by atoms with Crippen LogP contribution >= 0.6 is 23.6 Å². The minimum absolute atomic E-state index is 0.0744. The number of thiocarbonyl (C=S) groups is 1. The van der Waals surface area contributed by atoms with Gasteiger partial charge in [0.25, 0.3) is 0 Å². The summed E-state index contributed by atoms with van der Waals surface area (Å²) in [5.41, 5.74) is 5.45. The highest BCUT2D eigenvalue weighted by molar-refractivity contribution is 7.91. The van der Waals surface area contributed by atoms with Gasteiger partial charge in [0.1, 0.15) is 9.20 Å². The van der Waals surface area contributed by atoms with Gasteiger partial charge in [-0.1, -0.05) is 19.1 Å². The second-order valence-electron chi connectivity index (χ2n) is 4.38. The first-order valence-electron chi connectivity index (χ1n) is 5.30. The molecule has 1 aromatic rings. The monoisotopic (exact) mass is 290 g/mol. The zero-order chi connectivity index (χ0) is 12.6. The first kappa shape index (κ1) is 12.9. The Bertz CT molecular complexity index is 530. The Morgan fingerprint density at radius 2 is 2.18 bits per heavy atom. The van der Waals surface area contributed by atoms with Gasteiger partial charge < -0.3 is 5.73 Å². The minimum Gasteiger partial charge on any atom is -0.389 e. The van der Waals surface area contributed by atoms with Crippen LogP contribution in [-0.2, 0) is 10.0 Å². The average Bonchev–Trinajstić information content (AvgIpc) is 2.64. The Morgan fingerprint density at radius 3 is 2.65 bits per heavy atom. The van der Waals surface area contributed by atoms with Crippen LogP contribution in [0, 0.1) is 5.92 Å². The molecule has 0 spiro atoms. The van der Waals surface area contributed by atoms with Gasteiger partial charge in [-0.3, -0.25) is 0 Å². The number of rotatable bonds is 4. The third-order valence-corrected chi connectivity index (χ3v) is 6.26. The molecule has 0 saturated heterocycles. The fraction of sp³-hybridized carbons (Fsp3) is 0.500. The van der Waals surface area contributed by atoms with Crippen LogP contribution in [0.2, 0.25) is 0 Å². The molecule has 0 aliphatic heterocycles. The van der Waals surface area contributed by atoms with Gasteiger partial charge in [0.15, 0.2) is 0 Å². The summed E-state index contributed by atoms with van der Waals surface area (Å²) < 4.78 is 27.0. The van der Waals surface area contributed by atoms with E-state index in [1.807, 2.05) is 0 Å². The molecular formula is C10H14N2O2S3. The highest BCUT2D eigenvalue weighted by atomic mass is 32.2. The predicted octanol–water partition coefficient (Wildman–Crippen LogP) is 1.46. The van der Waals surface area contributed by atoms with E-state index in [-0.39, 0.29) is 15.2 Å². The van der Waals surface area contributed by atoms with Crippen molar-refractivity contribution in [2.45, 2.75) is 30.0 Å². The van der Waals surface area contributed by atoms with Gasteiger partial charge in [-0.15, -0.1) is 11.3 Å². The van der Waals surface area contributed by atoms with Crippen LogP contribution in [-0.4, -0.2) is 19.4 Å². The second kappa shape index (κ2) is 4.64. The zero-order valence-corrected chi connectivity index (χ0v) is 11.8. The summed E-state index contributed by atoms with van der Waals surface area (Å²) in [5, 5.41) is 0. The quantitative estimate of drug-likeness (QED) is 0.824. The third-order valence-electron chi connectivity index (χ3n) is 2.78. The summed E-state index contributed by atoms with van der Waals surface area (Å²) in [6.07, 6.45) is 1.82. The van der Waals surface area contributed by atoms with Crippen molar-refractivity contribution in [1.82, 2.24) is 4.72 Å². The molecule has 0 unspecified atom stereocenters. The summed E-state index contributed by atoms with van der Waals surface area (Å²) in [7, 11) is -3.40. The lowest BCUT2D eigenvalue weighted by molar-refractivity contribution is 0.270. The summed E-state index contributed by atoms with van der Waals surface area (Å²) in [6, 6.07) is 3.26. The first-order chi connectivity index (χ1) is 7.88. The molecule has 0 aromatic carbocycles. The lowest BCUT2D eigenvalue weighted by atomic mass is 9.83. The van der Waals surface area contributed by atoms with Gasteiger partial charge in [0.05, 0.1) is 4.88 Å². The van der Waals surface area contributed by atoms with Crippen molar-refractivity contribution in [1.29, 1.82) is 0 Å². The maximum atomic E-state index is 12.0. The standard InChI is InChI=1S/C10H14N2O2S3/c1-6-4-7(5-6)12-17(13,14)9-3-2-8(16-9)10(11)15/h2-3,6-7,12H,4-5H2,1H3,(H2,11,15). The van der Waals surface area contributed by atoms with Crippen molar-refractivity contribution in [2.75, 3.05) is 0 Å². The molecule has 1 aliphatic rings. The highest BCUT2D eigenvalue weighted by Gasteiger charge is 2.30. The van der Waals surface area contributed by atoms with Crippen LogP contribution in [0.25, 0.3) is 0 Å². The largest absolute Gasteiger partial charge is 0.389 e. The maximum absolute atomic E-state index is 12.0. The fourth-order valence-corrected chi connectivity index (χ4v) is 4.50. The number of sulfonamides is 1. The molecule has 1 saturated carbocycles. The highest BCUT2D eigenvalue weighted by Crippen LogP contribution is 2.29. The van der Waals surface area contributed by atoms with Gasteiger partial charge in [-0.2, -0.15) is 0 Å². The average molecular weight is 290 g/mol. The van der Waals surface area contributed by atoms with E-state index in [0.717, 1.165) is 24.2 Å². The van der Waals surface area contributed by atoms with Gasteiger partial charge in [-0.05, 0) is 30.9 Å². The molecule has 4 nitrogen and oxygen atoms in total. The van der Waals surface area contributed by atoms with Crippen molar-refractivity contribution >= 4 is 38.6 Å². The molecule has 94 valence electrons. The molecule has 7 heteroatoms. The Morgan fingerprint density at radius 1 is 1.53 bits per heavy atom. The Balaban J connectivity index is 2.11. The molecule has 0 bridgehead atoms. The molecule has 3 N–H and O–H groups in total. The van der Waals surface area contributed by atoms with Crippen LogP contribution in [0.4, 0.5) is 0 Å². The van der Waals surface area contributed by atoms with Crippen molar-refractivity contribution in [3.05, 3.63) is 17.0 Å². The van der Waals surface area contributed by atoms with Crippen molar-refractivity contribution in [2.24, 2.45) is 11.7 Å². The molecule has 0 atom stereocenters. The topological polar surface area (TPSA) is 72.2 Å². The number of thiophene rings is 1. The van der Waals surface area contributed by atoms with Crippen molar-refractivity contribution in [3.63, 3.8) is 0 Å². The summed E-state index contributed by atoms with van der Waals surface area (Å²) in [4.78, 5) is 0.857. The summed E-state index contributed by atoms with van der Waals surface area (Å²) in [6.45, 7) is 2.11. The Hall–Kier alpha value is -0.500. The Kier molecular flexibility index (Phi) is 3.53. The van der Waals surface area contributed by atoms with Crippen LogP contribution in [0.3, 0.4) is 0 Å². The van der Waals surface area contributed by atoms with Gasteiger partial charge in [0, 0.05) is 6.04 Å². The van der Waals surface area contributed by atoms with E-state index in [1.54, 1.807) is 12.1 Å². The third kappa shape index (κ3) is 2.85. The van der Waals surface area contributed by atoms with Crippen LogP contribution in [0.5, 0.6) is 0 Å². The van der Waals surface area contributed by atoms with Gasteiger partial charge in [0.2, 0.25) is 10.0 Å². The normalized spacial score (nSPS) is 24.3. The summed E-state index contributed by atoms with van der Waals surface area (Å²) >= 11 is 5.92. The molecular weight excluding hydrogens is 276 g/mol.